The summed E-state index contributed by atoms with van der Waals surface area (Å²) in [4.78, 5) is 4.58. The second-order valence-electron chi connectivity index (χ2n) is 2.37. The number of hydrogen-bond donors (Lipinski definition) is 0. The molecule has 0 aliphatic carbocycles. The predicted molar refractivity (Wildman–Crippen MR) is 45.6 cm³/mol. The van der Waals surface area contributed by atoms with Crippen LogP contribution in [-0.4, -0.2) is 12.8 Å². The number of nitrogens with zero attached hydrogens (tertiary/aromatic N) is 1. The van der Waals surface area contributed by atoms with Gasteiger partial charge >= 0.3 is 0 Å². The number of hydrogen-bond acceptors (Lipinski definition) is 2. The van der Waals surface area contributed by atoms with Gasteiger partial charge in [0.25, 0.3) is 0 Å². The zero-order chi connectivity index (χ0) is 8.97. The first-order valence-electron chi connectivity index (χ1n) is 3.57. The molecular weight excluding hydrogens is 157 g/mol. The van der Waals surface area contributed by atoms with E-state index in [1.807, 2.05) is 0 Å². The molecule has 0 atom stereocenters. The van der Waals surface area contributed by atoms with Crippen LogP contribution in [0.2, 0.25) is 0 Å². The highest BCUT2D eigenvalue weighted by Gasteiger charge is 1.96. The van der Waals surface area contributed by atoms with Crippen LogP contribution in [-0.2, 0) is 4.84 Å². The van der Waals surface area contributed by atoms with E-state index in [-0.39, 0.29) is 5.82 Å². The zero-order valence-electron chi connectivity index (χ0n) is 7.04. The summed E-state index contributed by atoms with van der Waals surface area (Å²) < 4.78 is 12.5. The van der Waals surface area contributed by atoms with Crippen LogP contribution in [0.25, 0.3) is 0 Å². The molecule has 0 amide bonds. The third kappa shape index (κ3) is 2.05. The molecule has 0 fully saturated rings. The van der Waals surface area contributed by atoms with Gasteiger partial charge in [0.1, 0.15) is 12.9 Å². The molecule has 1 aromatic rings. The lowest BCUT2D eigenvalue weighted by Gasteiger charge is -1.98. The monoisotopic (exact) mass is 167 g/mol. The average Bonchev–Trinajstić information content (AvgIpc) is 2.06. The Labute approximate surface area is 70.7 Å². The maximum Gasteiger partial charge on any atom is 0.123 e. The number of halogens is 1. The van der Waals surface area contributed by atoms with Crippen LogP contribution in [0.1, 0.15) is 12.5 Å². The normalized spacial score (nSPS) is 11.4. The van der Waals surface area contributed by atoms with Gasteiger partial charge in [-0.25, -0.2) is 4.39 Å². The fourth-order valence-corrected chi connectivity index (χ4v) is 0.881. The minimum Gasteiger partial charge on any atom is -0.399 e. The summed E-state index contributed by atoms with van der Waals surface area (Å²) in [5.41, 5.74) is 1.59. The standard InChI is InChI=1S/C9H10FNO/c1-7(11-12-2)8-3-5-9(10)6-4-8/h3-6H,1-2H3/b11-7-. The van der Waals surface area contributed by atoms with E-state index in [4.69, 9.17) is 0 Å². The first kappa shape index (κ1) is 8.71. The second kappa shape index (κ2) is 3.85. The Morgan fingerprint density at radius 1 is 1.33 bits per heavy atom. The molecule has 1 rings (SSSR count). The lowest BCUT2D eigenvalue weighted by Crippen LogP contribution is -1.94. The maximum atomic E-state index is 12.5. The molecule has 64 valence electrons. The van der Waals surface area contributed by atoms with Gasteiger partial charge in [0, 0.05) is 0 Å². The summed E-state index contributed by atoms with van der Waals surface area (Å²) in [5, 5.41) is 3.72. The van der Waals surface area contributed by atoms with E-state index >= 15 is 0 Å². The van der Waals surface area contributed by atoms with Gasteiger partial charge in [0.05, 0.1) is 5.71 Å². The minimum absolute atomic E-state index is 0.246. The molecule has 0 saturated heterocycles. The molecule has 0 bridgehead atoms. The van der Waals surface area contributed by atoms with Crippen LogP contribution in [0.5, 0.6) is 0 Å². The molecule has 0 aromatic heterocycles. The van der Waals surface area contributed by atoms with Crippen molar-refractivity contribution in [3.63, 3.8) is 0 Å². The van der Waals surface area contributed by atoms with Gasteiger partial charge < -0.3 is 4.84 Å². The van der Waals surface area contributed by atoms with Gasteiger partial charge in [-0.15, -0.1) is 0 Å². The summed E-state index contributed by atoms with van der Waals surface area (Å²) in [5.74, 6) is -0.246. The van der Waals surface area contributed by atoms with Crippen molar-refractivity contribution >= 4 is 5.71 Å². The van der Waals surface area contributed by atoms with Gasteiger partial charge in [-0.3, -0.25) is 0 Å². The molecule has 2 nitrogen and oxygen atoms in total. The van der Waals surface area contributed by atoms with Gasteiger partial charge in [0.15, 0.2) is 0 Å². The summed E-state index contributed by atoms with van der Waals surface area (Å²) in [6.45, 7) is 1.80. The van der Waals surface area contributed by atoms with Crippen molar-refractivity contribution in [2.24, 2.45) is 5.16 Å². The van der Waals surface area contributed by atoms with Crippen LogP contribution in [0, 0.1) is 5.82 Å². The summed E-state index contributed by atoms with van der Waals surface area (Å²) >= 11 is 0. The topological polar surface area (TPSA) is 21.6 Å². The Morgan fingerprint density at radius 2 is 1.92 bits per heavy atom. The molecule has 0 aliphatic rings. The van der Waals surface area contributed by atoms with Crippen molar-refractivity contribution in [1.82, 2.24) is 0 Å². The van der Waals surface area contributed by atoms with Crippen molar-refractivity contribution in [3.8, 4) is 0 Å². The molecule has 0 N–H and O–H groups in total. The molecule has 12 heavy (non-hydrogen) atoms. The van der Waals surface area contributed by atoms with Crippen LogP contribution in [0.4, 0.5) is 4.39 Å². The summed E-state index contributed by atoms with van der Waals surface area (Å²) in [6, 6.07) is 6.11. The van der Waals surface area contributed by atoms with E-state index in [9.17, 15) is 4.39 Å². The largest absolute Gasteiger partial charge is 0.399 e. The highest BCUT2D eigenvalue weighted by Crippen LogP contribution is 2.04. The molecule has 0 saturated carbocycles. The maximum absolute atomic E-state index is 12.5. The average molecular weight is 167 g/mol. The molecule has 0 unspecified atom stereocenters. The minimum atomic E-state index is -0.246. The SMILES string of the molecule is CO/N=C(/C)c1ccc(F)cc1. The third-order valence-corrected chi connectivity index (χ3v) is 1.49. The van der Waals surface area contributed by atoms with Crippen LogP contribution in [0.3, 0.4) is 0 Å². The Balaban J connectivity index is 2.89. The lowest BCUT2D eigenvalue weighted by molar-refractivity contribution is 0.213. The second-order valence-corrected chi connectivity index (χ2v) is 2.37. The van der Waals surface area contributed by atoms with E-state index in [1.54, 1.807) is 19.1 Å². The number of rotatable bonds is 2. The first-order chi connectivity index (χ1) is 5.74. The van der Waals surface area contributed by atoms with E-state index in [1.165, 1.54) is 19.2 Å². The van der Waals surface area contributed by atoms with Crippen LogP contribution in [0.15, 0.2) is 29.4 Å². The Morgan fingerprint density at radius 3 is 2.42 bits per heavy atom. The lowest BCUT2D eigenvalue weighted by atomic mass is 10.1. The van der Waals surface area contributed by atoms with Gasteiger partial charge in [-0.05, 0) is 24.6 Å². The summed E-state index contributed by atoms with van der Waals surface area (Å²) in [7, 11) is 1.48. The smallest absolute Gasteiger partial charge is 0.123 e. The van der Waals surface area contributed by atoms with Crippen molar-refractivity contribution in [3.05, 3.63) is 35.6 Å². The van der Waals surface area contributed by atoms with Gasteiger partial charge in [-0.2, -0.15) is 0 Å². The predicted octanol–water partition coefficient (Wildman–Crippen LogP) is 2.20. The van der Waals surface area contributed by atoms with Gasteiger partial charge in [0.2, 0.25) is 0 Å². The van der Waals surface area contributed by atoms with Crippen molar-refractivity contribution in [1.29, 1.82) is 0 Å². The molecule has 0 spiro atoms. The van der Waals surface area contributed by atoms with E-state index in [2.05, 4.69) is 9.99 Å². The van der Waals surface area contributed by atoms with E-state index in [0.717, 1.165) is 11.3 Å². The Hall–Kier alpha value is -1.38. The number of benzene rings is 1. The molecule has 0 aliphatic heterocycles. The Kier molecular flexibility index (Phi) is 2.80. The number of oxime groups is 1. The Bertz CT molecular complexity index is 279. The highest BCUT2D eigenvalue weighted by atomic mass is 19.1. The molecule has 0 radical (unpaired) electrons. The quantitative estimate of drug-likeness (QED) is 0.488. The first-order valence-corrected chi connectivity index (χ1v) is 3.57. The van der Waals surface area contributed by atoms with Crippen LogP contribution < -0.4 is 0 Å². The molecule has 3 heteroatoms. The molecule has 0 heterocycles. The van der Waals surface area contributed by atoms with Crippen molar-refractivity contribution < 1.29 is 9.23 Å². The van der Waals surface area contributed by atoms with E-state index < -0.39 is 0 Å². The summed E-state index contributed by atoms with van der Waals surface area (Å²) in [6.07, 6.45) is 0. The fraction of sp³-hybridized carbons (Fsp3) is 0.222. The van der Waals surface area contributed by atoms with Gasteiger partial charge in [-0.1, -0.05) is 17.3 Å². The van der Waals surface area contributed by atoms with Crippen molar-refractivity contribution in [2.45, 2.75) is 6.92 Å². The van der Waals surface area contributed by atoms with E-state index in [0.29, 0.717) is 0 Å². The highest BCUT2D eigenvalue weighted by molar-refractivity contribution is 5.98. The fourth-order valence-electron chi connectivity index (χ4n) is 0.881. The van der Waals surface area contributed by atoms with Crippen molar-refractivity contribution in [2.75, 3.05) is 7.11 Å². The van der Waals surface area contributed by atoms with Crippen LogP contribution >= 0.6 is 0 Å². The zero-order valence-corrected chi connectivity index (χ0v) is 7.04. The molecule has 1 aromatic carbocycles. The molecular formula is C9H10FNO. The third-order valence-electron chi connectivity index (χ3n) is 1.49.